The van der Waals surface area contributed by atoms with Crippen molar-refractivity contribution in [2.24, 2.45) is 5.92 Å². The van der Waals surface area contributed by atoms with Gasteiger partial charge in [0.25, 0.3) is 0 Å². The molecule has 1 atom stereocenters. The van der Waals surface area contributed by atoms with Crippen molar-refractivity contribution < 1.29 is 14.3 Å². The molecule has 3 heteroatoms. The summed E-state index contributed by atoms with van der Waals surface area (Å²) in [6, 6.07) is 0. The van der Waals surface area contributed by atoms with E-state index in [9.17, 15) is 9.59 Å². The first kappa shape index (κ1) is 9.96. The topological polar surface area (TPSA) is 43.4 Å². The summed E-state index contributed by atoms with van der Waals surface area (Å²) in [5.41, 5.74) is 1.81. The quantitative estimate of drug-likeness (QED) is 0.455. The van der Waals surface area contributed by atoms with E-state index in [-0.39, 0.29) is 5.78 Å². The predicted octanol–water partition coefficient (Wildman–Crippen LogP) is 1.47. The van der Waals surface area contributed by atoms with Crippen molar-refractivity contribution in [1.82, 2.24) is 0 Å². The number of Topliss-reactive ketones (excluding diaryl/α,β-unsaturated/α-hetero) is 1. The molecule has 1 aliphatic carbocycles. The van der Waals surface area contributed by atoms with Crippen LogP contribution in [-0.4, -0.2) is 18.9 Å². The molecule has 0 spiro atoms. The van der Waals surface area contributed by atoms with E-state index in [0.29, 0.717) is 6.42 Å². The van der Waals surface area contributed by atoms with Crippen molar-refractivity contribution >= 4 is 11.8 Å². The number of methoxy groups -OCH3 is 1. The Kier molecular flexibility index (Phi) is 2.86. The number of carbonyl (C=O) groups is 2. The average molecular weight is 182 g/mol. The molecule has 0 amide bonds. The van der Waals surface area contributed by atoms with E-state index in [1.807, 2.05) is 6.92 Å². The Morgan fingerprint density at radius 3 is 2.62 bits per heavy atom. The van der Waals surface area contributed by atoms with Crippen LogP contribution in [0.4, 0.5) is 0 Å². The van der Waals surface area contributed by atoms with E-state index in [1.54, 1.807) is 6.92 Å². The van der Waals surface area contributed by atoms with Crippen LogP contribution >= 0.6 is 0 Å². The highest BCUT2D eigenvalue weighted by atomic mass is 16.5. The maximum atomic E-state index is 11.6. The number of esters is 1. The van der Waals surface area contributed by atoms with Crippen LogP contribution in [0.5, 0.6) is 0 Å². The number of carbonyl (C=O) groups excluding carboxylic acids is 2. The molecule has 72 valence electrons. The van der Waals surface area contributed by atoms with Gasteiger partial charge in [0, 0.05) is 0 Å². The highest BCUT2D eigenvalue weighted by Gasteiger charge is 2.31. The Morgan fingerprint density at radius 2 is 2.08 bits per heavy atom. The van der Waals surface area contributed by atoms with E-state index in [1.165, 1.54) is 7.11 Å². The third-order valence-corrected chi connectivity index (χ3v) is 2.62. The molecule has 0 heterocycles. The maximum Gasteiger partial charge on any atom is 0.316 e. The van der Waals surface area contributed by atoms with Gasteiger partial charge in [0.05, 0.1) is 7.11 Å². The third-order valence-electron chi connectivity index (χ3n) is 2.62. The van der Waals surface area contributed by atoms with Crippen LogP contribution in [0.15, 0.2) is 11.1 Å². The normalized spacial score (nSPS) is 23.3. The second-order valence-corrected chi connectivity index (χ2v) is 3.38. The lowest BCUT2D eigenvalue weighted by molar-refractivity contribution is -0.149. The molecule has 1 rings (SSSR count). The number of allylic oxidation sites excluding steroid dienone is 2. The van der Waals surface area contributed by atoms with Crippen LogP contribution in [0.25, 0.3) is 0 Å². The van der Waals surface area contributed by atoms with E-state index in [4.69, 9.17) is 0 Å². The van der Waals surface area contributed by atoms with E-state index in [2.05, 4.69) is 4.74 Å². The number of ketones is 1. The molecule has 0 aromatic carbocycles. The lowest BCUT2D eigenvalue weighted by Gasteiger charge is -2.20. The van der Waals surface area contributed by atoms with Gasteiger partial charge in [-0.25, -0.2) is 0 Å². The lowest BCUT2D eigenvalue weighted by atomic mass is 9.84. The van der Waals surface area contributed by atoms with Gasteiger partial charge in [-0.2, -0.15) is 0 Å². The molecule has 0 radical (unpaired) electrons. The minimum absolute atomic E-state index is 0.0735. The van der Waals surface area contributed by atoms with Crippen LogP contribution in [0.1, 0.15) is 26.7 Å². The minimum atomic E-state index is -0.561. The monoisotopic (exact) mass is 182 g/mol. The number of hydrogen-bond donors (Lipinski definition) is 0. The van der Waals surface area contributed by atoms with Crippen LogP contribution in [0.3, 0.4) is 0 Å². The number of rotatable bonds is 1. The summed E-state index contributed by atoms with van der Waals surface area (Å²) in [4.78, 5) is 22.7. The van der Waals surface area contributed by atoms with E-state index < -0.39 is 11.9 Å². The predicted molar refractivity (Wildman–Crippen MR) is 48.1 cm³/mol. The highest BCUT2D eigenvalue weighted by molar-refractivity contribution is 6.08. The Morgan fingerprint density at radius 1 is 1.46 bits per heavy atom. The van der Waals surface area contributed by atoms with Crippen LogP contribution in [0, 0.1) is 5.92 Å². The molecule has 0 saturated carbocycles. The first-order valence-corrected chi connectivity index (χ1v) is 4.36. The van der Waals surface area contributed by atoms with Crippen molar-refractivity contribution in [3.8, 4) is 0 Å². The fourth-order valence-electron chi connectivity index (χ4n) is 1.52. The second-order valence-electron chi connectivity index (χ2n) is 3.38. The SMILES string of the molecule is COC(=O)C1CCC(C)=C(C)C1=O. The molecule has 1 aliphatic rings. The van der Waals surface area contributed by atoms with Gasteiger partial charge in [0.2, 0.25) is 0 Å². The van der Waals surface area contributed by atoms with Gasteiger partial charge in [0.1, 0.15) is 5.92 Å². The molecule has 0 bridgehead atoms. The fourth-order valence-corrected chi connectivity index (χ4v) is 1.52. The Labute approximate surface area is 77.8 Å². The zero-order valence-corrected chi connectivity index (χ0v) is 8.22. The Hall–Kier alpha value is -1.12. The van der Waals surface area contributed by atoms with Gasteiger partial charge in [-0.3, -0.25) is 9.59 Å². The molecular weight excluding hydrogens is 168 g/mol. The van der Waals surface area contributed by atoms with Crippen molar-refractivity contribution in [2.75, 3.05) is 7.11 Å². The molecule has 0 N–H and O–H groups in total. The summed E-state index contributed by atoms with van der Waals surface area (Å²) in [6.07, 6.45) is 1.41. The van der Waals surface area contributed by atoms with E-state index in [0.717, 1.165) is 17.6 Å². The number of ether oxygens (including phenoxy) is 1. The van der Waals surface area contributed by atoms with E-state index >= 15 is 0 Å². The van der Waals surface area contributed by atoms with Gasteiger partial charge in [-0.05, 0) is 32.3 Å². The molecule has 3 nitrogen and oxygen atoms in total. The third kappa shape index (κ3) is 1.79. The smallest absolute Gasteiger partial charge is 0.316 e. The summed E-state index contributed by atoms with van der Waals surface area (Å²) < 4.78 is 4.56. The second kappa shape index (κ2) is 3.73. The summed E-state index contributed by atoms with van der Waals surface area (Å²) >= 11 is 0. The maximum absolute atomic E-state index is 11.6. The average Bonchev–Trinajstić information content (AvgIpc) is 2.13. The molecule has 0 aromatic heterocycles. The number of hydrogen-bond acceptors (Lipinski definition) is 3. The van der Waals surface area contributed by atoms with Crippen LogP contribution in [0.2, 0.25) is 0 Å². The lowest BCUT2D eigenvalue weighted by Crippen LogP contribution is -2.29. The molecule has 0 saturated heterocycles. The van der Waals surface area contributed by atoms with Crippen LogP contribution in [-0.2, 0) is 14.3 Å². The van der Waals surface area contributed by atoms with Gasteiger partial charge in [-0.1, -0.05) is 5.57 Å². The largest absolute Gasteiger partial charge is 0.468 e. The zero-order valence-electron chi connectivity index (χ0n) is 8.22. The molecule has 13 heavy (non-hydrogen) atoms. The summed E-state index contributed by atoms with van der Waals surface area (Å²) in [5.74, 6) is -1.04. The molecule has 0 aromatic rings. The minimum Gasteiger partial charge on any atom is -0.468 e. The summed E-state index contributed by atoms with van der Waals surface area (Å²) in [7, 11) is 1.32. The zero-order chi connectivity index (χ0) is 10.0. The van der Waals surface area contributed by atoms with Crippen molar-refractivity contribution in [1.29, 1.82) is 0 Å². The van der Waals surface area contributed by atoms with Gasteiger partial charge >= 0.3 is 5.97 Å². The van der Waals surface area contributed by atoms with Gasteiger partial charge in [0.15, 0.2) is 5.78 Å². The standard InChI is InChI=1S/C10H14O3/c1-6-4-5-8(10(12)13-3)9(11)7(6)2/h8H,4-5H2,1-3H3. The van der Waals surface area contributed by atoms with Gasteiger partial charge in [-0.15, -0.1) is 0 Å². The molecule has 1 unspecified atom stereocenters. The Balaban J connectivity index is 2.86. The first-order valence-electron chi connectivity index (χ1n) is 4.36. The summed E-state index contributed by atoms with van der Waals surface area (Å²) in [5, 5.41) is 0. The van der Waals surface area contributed by atoms with Gasteiger partial charge < -0.3 is 4.74 Å². The summed E-state index contributed by atoms with van der Waals surface area (Å²) in [6.45, 7) is 3.70. The molecule has 0 fully saturated rings. The van der Waals surface area contributed by atoms with Crippen molar-refractivity contribution in [2.45, 2.75) is 26.7 Å². The molecule has 0 aliphatic heterocycles. The fraction of sp³-hybridized carbons (Fsp3) is 0.600. The van der Waals surface area contributed by atoms with Crippen LogP contribution < -0.4 is 0 Å². The van der Waals surface area contributed by atoms with Crippen molar-refractivity contribution in [3.05, 3.63) is 11.1 Å². The highest BCUT2D eigenvalue weighted by Crippen LogP contribution is 2.26. The molecular formula is C10H14O3. The Bertz CT molecular complexity index is 276. The van der Waals surface area contributed by atoms with Crippen molar-refractivity contribution in [3.63, 3.8) is 0 Å². The first-order chi connectivity index (χ1) is 6.07.